The number of rotatable bonds is 5. The molecule has 3 heterocycles. The molecule has 12 heteroatoms. The number of ether oxygens (including phenoxy) is 2. The number of amides is 1. The van der Waals surface area contributed by atoms with E-state index in [2.05, 4.69) is 15.3 Å². The Morgan fingerprint density at radius 3 is 2.45 bits per heavy atom. The van der Waals surface area contributed by atoms with Crippen LogP contribution in [-0.2, 0) is 0 Å². The highest BCUT2D eigenvalue weighted by Crippen LogP contribution is 2.45. The van der Waals surface area contributed by atoms with Crippen LogP contribution >= 0.6 is 11.6 Å². The molecule has 3 aromatic rings. The molecule has 2 aromatic carbocycles. The zero-order valence-electron chi connectivity index (χ0n) is 20.8. The SMILES string of the molecule is COc1ccc([C@H]2C[C@@H](C(F)(F)F)n3ncc(C(=O)N4CCN(c5cccc(Cl)c5)CC4)c3N2)cc1OC. The second kappa shape index (κ2) is 10.3. The summed E-state index contributed by atoms with van der Waals surface area (Å²) in [5.41, 5.74) is 1.65. The summed E-state index contributed by atoms with van der Waals surface area (Å²) >= 11 is 6.11. The van der Waals surface area contributed by atoms with Gasteiger partial charge in [0.05, 0.1) is 26.5 Å². The quantitative estimate of drug-likeness (QED) is 0.473. The van der Waals surface area contributed by atoms with Gasteiger partial charge in [-0.2, -0.15) is 18.3 Å². The molecule has 1 saturated heterocycles. The van der Waals surface area contributed by atoms with Gasteiger partial charge in [-0.1, -0.05) is 23.7 Å². The fourth-order valence-corrected chi connectivity index (χ4v) is 5.20. The number of piperazine rings is 1. The lowest BCUT2D eigenvalue weighted by molar-refractivity contribution is -0.173. The number of alkyl halides is 3. The zero-order valence-corrected chi connectivity index (χ0v) is 21.6. The van der Waals surface area contributed by atoms with Crippen LogP contribution in [0.15, 0.2) is 48.7 Å². The average molecular weight is 550 g/mol. The number of aromatic nitrogens is 2. The third kappa shape index (κ3) is 4.94. The second-order valence-electron chi connectivity index (χ2n) is 9.21. The van der Waals surface area contributed by atoms with E-state index in [1.807, 2.05) is 18.2 Å². The fraction of sp³-hybridized carbons (Fsp3) is 0.385. The van der Waals surface area contributed by atoms with Crippen LogP contribution in [0.4, 0.5) is 24.7 Å². The maximum absolute atomic E-state index is 14.1. The summed E-state index contributed by atoms with van der Waals surface area (Å²) in [7, 11) is 2.95. The molecule has 1 N–H and O–H groups in total. The Balaban J connectivity index is 1.39. The third-order valence-electron chi connectivity index (χ3n) is 7.02. The van der Waals surface area contributed by atoms with E-state index >= 15 is 0 Å². The Morgan fingerprint density at radius 2 is 1.79 bits per heavy atom. The number of fused-ring (bicyclic) bond motifs is 1. The molecule has 2 aliphatic heterocycles. The summed E-state index contributed by atoms with van der Waals surface area (Å²) in [5, 5.41) is 7.77. The van der Waals surface area contributed by atoms with Crippen molar-refractivity contribution in [2.75, 3.05) is 50.6 Å². The fourth-order valence-electron chi connectivity index (χ4n) is 5.02. The van der Waals surface area contributed by atoms with Crippen LogP contribution in [0.5, 0.6) is 11.5 Å². The number of methoxy groups -OCH3 is 2. The number of hydrogen-bond donors (Lipinski definition) is 1. The van der Waals surface area contributed by atoms with Crippen LogP contribution in [-0.4, -0.2) is 67.2 Å². The van der Waals surface area contributed by atoms with Crippen molar-refractivity contribution in [3.63, 3.8) is 0 Å². The predicted octanol–water partition coefficient (Wildman–Crippen LogP) is 5.18. The van der Waals surface area contributed by atoms with Crippen molar-refractivity contribution >= 4 is 29.0 Å². The normalized spacial score (nSPS) is 19.5. The van der Waals surface area contributed by atoms with Crippen LogP contribution < -0.4 is 19.7 Å². The number of nitrogens with one attached hydrogen (secondary N) is 1. The number of anilines is 2. The summed E-state index contributed by atoms with van der Waals surface area (Å²) in [6.45, 7) is 1.97. The highest BCUT2D eigenvalue weighted by Gasteiger charge is 2.47. The van der Waals surface area contributed by atoms with E-state index < -0.39 is 18.3 Å². The lowest BCUT2D eigenvalue weighted by Crippen LogP contribution is -2.49. The molecular formula is C26H27ClF3N5O3. The minimum atomic E-state index is -4.55. The van der Waals surface area contributed by atoms with Crippen molar-refractivity contribution in [2.24, 2.45) is 0 Å². The van der Waals surface area contributed by atoms with Gasteiger partial charge >= 0.3 is 6.18 Å². The van der Waals surface area contributed by atoms with Crippen molar-refractivity contribution in [3.8, 4) is 11.5 Å². The molecule has 8 nitrogen and oxygen atoms in total. The monoisotopic (exact) mass is 549 g/mol. The molecule has 1 fully saturated rings. The molecule has 0 radical (unpaired) electrons. The Bertz CT molecular complexity index is 1320. The minimum Gasteiger partial charge on any atom is -0.493 e. The van der Waals surface area contributed by atoms with Gasteiger partial charge in [-0.3, -0.25) is 4.79 Å². The van der Waals surface area contributed by atoms with Gasteiger partial charge < -0.3 is 24.6 Å². The largest absolute Gasteiger partial charge is 0.493 e. The van der Waals surface area contributed by atoms with Crippen LogP contribution in [0.25, 0.3) is 0 Å². The van der Waals surface area contributed by atoms with Crippen LogP contribution in [0.3, 0.4) is 0 Å². The number of benzene rings is 2. The summed E-state index contributed by atoms with van der Waals surface area (Å²) in [6.07, 6.45) is -3.62. The minimum absolute atomic E-state index is 0.0561. The standard InChI is InChI=1S/C26H27ClF3N5O3/c1-37-21-7-6-16(12-22(21)38-2)20-14-23(26(28,29)30)35-24(32-20)19(15-31-35)25(36)34-10-8-33(9-11-34)18-5-3-4-17(27)13-18/h3-7,12-13,15,20,23,32H,8-11,14H2,1-2H3/t20-,23+/m1/s1. The van der Waals surface area contributed by atoms with Gasteiger partial charge in [0, 0.05) is 43.3 Å². The predicted molar refractivity (Wildman–Crippen MR) is 137 cm³/mol. The maximum Gasteiger partial charge on any atom is 0.410 e. The molecule has 0 spiro atoms. The molecule has 0 saturated carbocycles. The first-order chi connectivity index (χ1) is 18.2. The molecule has 0 aliphatic carbocycles. The lowest BCUT2D eigenvalue weighted by atomic mass is 9.96. The van der Waals surface area contributed by atoms with Crippen molar-refractivity contribution in [1.29, 1.82) is 0 Å². The van der Waals surface area contributed by atoms with E-state index in [1.165, 1.54) is 20.4 Å². The first kappa shape index (κ1) is 26.0. The highest BCUT2D eigenvalue weighted by atomic mass is 35.5. The molecule has 1 aromatic heterocycles. The van der Waals surface area contributed by atoms with Crippen LogP contribution in [0.1, 0.15) is 34.4 Å². The van der Waals surface area contributed by atoms with E-state index in [9.17, 15) is 18.0 Å². The smallest absolute Gasteiger partial charge is 0.410 e. The Hall–Kier alpha value is -3.60. The molecular weight excluding hydrogens is 523 g/mol. The van der Waals surface area contributed by atoms with Gasteiger partial charge in [-0.25, -0.2) is 4.68 Å². The van der Waals surface area contributed by atoms with Gasteiger partial charge in [0.15, 0.2) is 17.5 Å². The van der Waals surface area contributed by atoms with Gasteiger partial charge in [-0.05, 0) is 35.9 Å². The van der Waals surface area contributed by atoms with Gasteiger partial charge in [0.1, 0.15) is 11.4 Å². The van der Waals surface area contributed by atoms with Crippen molar-refractivity contribution in [3.05, 3.63) is 64.8 Å². The van der Waals surface area contributed by atoms with E-state index in [1.54, 1.807) is 29.2 Å². The van der Waals surface area contributed by atoms with E-state index in [4.69, 9.17) is 21.1 Å². The molecule has 0 bridgehead atoms. The van der Waals surface area contributed by atoms with E-state index in [0.29, 0.717) is 48.3 Å². The van der Waals surface area contributed by atoms with Gasteiger partial charge in [0.2, 0.25) is 0 Å². The number of hydrogen-bond acceptors (Lipinski definition) is 6. The topological polar surface area (TPSA) is 71.9 Å². The number of halogens is 4. The summed E-state index contributed by atoms with van der Waals surface area (Å²) in [6, 6.07) is 9.85. The maximum atomic E-state index is 14.1. The van der Waals surface area contributed by atoms with Crippen molar-refractivity contribution < 1.29 is 27.4 Å². The summed E-state index contributed by atoms with van der Waals surface area (Å²) in [5.74, 6) is 0.569. The third-order valence-corrected chi connectivity index (χ3v) is 7.25. The molecule has 2 atom stereocenters. The first-order valence-corrected chi connectivity index (χ1v) is 12.5. The average Bonchev–Trinajstić information content (AvgIpc) is 3.35. The van der Waals surface area contributed by atoms with Crippen molar-refractivity contribution in [2.45, 2.75) is 24.7 Å². The summed E-state index contributed by atoms with van der Waals surface area (Å²) in [4.78, 5) is 17.3. The molecule has 38 heavy (non-hydrogen) atoms. The Morgan fingerprint density at radius 1 is 1.05 bits per heavy atom. The molecule has 1 amide bonds. The van der Waals surface area contributed by atoms with Gasteiger partial charge in [-0.15, -0.1) is 0 Å². The second-order valence-corrected chi connectivity index (χ2v) is 9.65. The molecule has 202 valence electrons. The van der Waals surface area contributed by atoms with E-state index in [0.717, 1.165) is 10.4 Å². The first-order valence-electron chi connectivity index (χ1n) is 12.1. The Labute approximate surface area is 222 Å². The van der Waals surface area contributed by atoms with E-state index in [-0.39, 0.29) is 23.7 Å². The highest BCUT2D eigenvalue weighted by molar-refractivity contribution is 6.30. The van der Waals surface area contributed by atoms with Crippen LogP contribution in [0, 0.1) is 0 Å². The lowest BCUT2D eigenvalue weighted by Gasteiger charge is -2.37. The van der Waals surface area contributed by atoms with Crippen LogP contribution in [0.2, 0.25) is 5.02 Å². The Kier molecular flexibility index (Phi) is 7.04. The number of nitrogens with zero attached hydrogens (tertiary/aromatic N) is 4. The number of carbonyl (C=O) groups excluding carboxylic acids is 1. The molecule has 2 aliphatic rings. The number of carbonyl (C=O) groups is 1. The summed E-state index contributed by atoms with van der Waals surface area (Å²) < 4.78 is 53.9. The zero-order chi connectivity index (χ0) is 27.0. The molecule has 5 rings (SSSR count). The van der Waals surface area contributed by atoms with Gasteiger partial charge in [0.25, 0.3) is 5.91 Å². The molecule has 0 unspecified atom stereocenters. The van der Waals surface area contributed by atoms with Crippen molar-refractivity contribution in [1.82, 2.24) is 14.7 Å².